The van der Waals surface area contributed by atoms with Crippen LogP contribution in [-0.4, -0.2) is 47.0 Å². The maximum atomic E-state index is 12.1. The Morgan fingerprint density at radius 1 is 1.23 bits per heavy atom. The van der Waals surface area contributed by atoms with Gasteiger partial charge in [-0.2, -0.15) is 0 Å². The van der Waals surface area contributed by atoms with Crippen LogP contribution < -0.4 is 5.32 Å². The molecule has 0 bridgehead atoms. The highest BCUT2D eigenvalue weighted by molar-refractivity contribution is 5.75. The molecule has 0 spiro atoms. The lowest BCUT2D eigenvalue weighted by molar-refractivity contribution is -0.121. The summed E-state index contributed by atoms with van der Waals surface area (Å²) in [5.41, 5.74) is 2.00. The largest absolute Gasteiger partial charge is 0.356 e. The van der Waals surface area contributed by atoms with Gasteiger partial charge >= 0.3 is 0 Å². The van der Waals surface area contributed by atoms with Gasteiger partial charge in [-0.3, -0.25) is 4.79 Å². The van der Waals surface area contributed by atoms with E-state index in [-0.39, 0.29) is 5.91 Å². The first-order valence-electron chi connectivity index (χ1n) is 9.56. The van der Waals surface area contributed by atoms with Crippen LogP contribution in [0.2, 0.25) is 0 Å². The number of amides is 1. The lowest BCUT2D eigenvalue weighted by Crippen LogP contribution is -2.37. The third-order valence-electron chi connectivity index (χ3n) is 5.07. The van der Waals surface area contributed by atoms with E-state index < -0.39 is 0 Å². The van der Waals surface area contributed by atoms with E-state index in [1.165, 1.54) is 19.3 Å². The van der Waals surface area contributed by atoms with Crippen molar-refractivity contribution in [3.63, 3.8) is 0 Å². The maximum absolute atomic E-state index is 12.1. The minimum Gasteiger partial charge on any atom is -0.356 e. The molecule has 3 rings (SSSR count). The zero-order valence-corrected chi connectivity index (χ0v) is 15.5. The molecule has 1 unspecified atom stereocenters. The van der Waals surface area contributed by atoms with Gasteiger partial charge in [0.2, 0.25) is 5.91 Å². The van der Waals surface area contributed by atoms with Crippen LogP contribution in [0, 0.1) is 0 Å². The summed E-state index contributed by atoms with van der Waals surface area (Å²) in [6, 6.07) is 12.5. The molecule has 1 aromatic heterocycles. The molecule has 1 N–H and O–H groups in total. The van der Waals surface area contributed by atoms with E-state index in [0.29, 0.717) is 25.4 Å². The van der Waals surface area contributed by atoms with Crippen LogP contribution in [0.1, 0.15) is 37.9 Å². The molecule has 0 saturated carbocycles. The number of carbonyl (C=O) groups is 1. The Kier molecular flexibility index (Phi) is 6.72. The Labute approximate surface area is 155 Å². The van der Waals surface area contributed by atoms with Gasteiger partial charge in [0, 0.05) is 37.2 Å². The molecule has 1 saturated heterocycles. The Bertz CT molecular complexity index is 704. The summed E-state index contributed by atoms with van der Waals surface area (Å²) in [5, 5.41) is 3.01. The number of hydrogen-bond acceptors (Lipinski definition) is 4. The van der Waals surface area contributed by atoms with Gasteiger partial charge in [-0.1, -0.05) is 36.8 Å². The van der Waals surface area contributed by atoms with Crippen LogP contribution in [0.25, 0.3) is 11.3 Å². The van der Waals surface area contributed by atoms with Gasteiger partial charge in [-0.05, 0) is 38.9 Å². The third kappa shape index (κ3) is 5.36. The van der Waals surface area contributed by atoms with E-state index in [0.717, 1.165) is 30.0 Å². The monoisotopic (exact) mass is 352 g/mol. The number of benzene rings is 1. The van der Waals surface area contributed by atoms with Crippen molar-refractivity contribution < 1.29 is 4.79 Å². The Morgan fingerprint density at radius 3 is 2.88 bits per heavy atom. The van der Waals surface area contributed by atoms with Gasteiger partial charge in [-0.15, -0.1) is 0 Å². The van der Waals surface area contributed by atoms with Crippen LogP contribution >= 0.6 is 0 Å². The molecular weight excluding hydrogens is 324 g/mol. The van der Waals surface area contributed by atoms with Crippen LogP contribution in [0.5, 0.6) is 0 Å². The number of likely N-dealkylation sites (tertiary alicyclic amines) is 1. The van der Waals surface area contributed by atoms with Crippen molar-refractivity contribution in [2.24, 2.45) is 0 Å². The second-order valence-corrected chi connectivity index (χ2v) is 6.99. The van der Waals surface area contributed by atoms with Gasteiger partial charge in [-0.25, -0.2) is 9.97 Å². The zero-order chi connectivity index (χ0) is 18.2. The minimum atomic E-state index is 0.128. The van der Waals surface area contributed by atoms with Gasteiger partial charge in [0.25, 0.3) is 0 Å². The number of piperidine rings is 1. The standard InChI is InChI=1S/C21H28N4O/c1-25-16-6-5-9-18(25)10-11-21(26)23-15-13-20-22-14-12-19(24-20)17-7-3-2-4-8-17/h2-4,7-8,12,14,18H,5-6,9-11,13,15-16H2,1H3,(H,23,26). The average Bonchev–Trinajstić information content (AvgIpc) is 2.68. The highest BCUT2D eigenvalue weighted by Crippen LogP contribution is 2.19. The summed E-state index contributed by atoms with van der Waals surface area (Å²) < 4.78 is 0. The van der Waals surface area contributed by atoms with Gasteiger partial charge in [0.05, 0.1) is 5.69 Å². The highest BCUT2D eigenvalue weighted by Gasteiger charge is 2.19. The van der Waals surface area contributed by atoms with E-state index in [9.17, 15) is 4.79 Å². The normalized spacial score (nSPS) is 17.8. The summed E-state index contributed by atoms with van der Waals surface area (Å²) in [4.78, 5) is 23.4. The lowest BCUT2D eigenvalue weighted by atomic mass is 9.98. The summed E-state index contributed by atoms with van der Waals surface area (Å²) in [7, 11) is 2.17. The van der Waals surface area contributed by atoms with E-state index in [2.05, 4.69) is 27.2 Å². The number of carbonyl (C=O) groups excluding carboxylic acids is 1. The predicted octanol–water partition coefficient (Wildman–Crippen LogP) is 3.07. The maximum Gasteiger partial charge on any atom is 0.220 e. The summed E-state index contributed by atoms with van der Waals surface area (Å²) in [5.74, 6) is 0.891. The Morgan fingerprint density at radius 2 is 2.08 bits per heavy atom. The van der Waals surface area contributed by atoms with Crippen LogP contribution in [0.3, 0.4) is 0 Å². The fourth-order valence-electron chi connectivity index (χ4n) is 3.50. The van der Waals surface area contributed by atoms with Crippen molar-refractivity contribution in [1.29, 1.82) is 0 Å². The highest BCUT2D eigenvalue weighted by atomic mass is 16.1. The lowest BCUT2D eigenvalue weighted by Gasteiger charge is -2.32. The molecule has 138 valence electrons. The molecule has 1 aliphatic heterocycles. The molecule has 26 heavy (non-hydrogen) atoms. The molecule has 0 aliphatic carbocycles. The average molecular weight is 352 g/mol. The Balaban J connectivity index is 1.42. The van der Waals surface area contributed by atoms with E-state index in [4.69, 9.17) is 0 Å². The Hall–Kier alpha value is -2.27. The van der Waals surface area contributed by atoms with Crippen molar-refractivity contribution in [2.75, 3.05) is 20.1 Å². The number of nitrogens with zero attached hydrogens (tertiary/aromatic N) is 3. The number of hydrogen-bond donors (Lipinski definition) is 1. The minimum absolute atomic E-state index is 0.128. The summed E-state index contributed by atoms with van der Waals surface area (Å²) >= 11 is 0. The second kappa shape index (κ2) is 9.43. The number of rotatable bonds is 7. The van der Waals surface area contributed by atoms with Crippen molar-refractivity contribution in [3.8, 4) is 11.3 Å². The number of aromatic nitrogens is 2. The van der Waals surface area contributed by atoms with Crippen LogP contribution in [0.15, 0.2) is 42.6 Å². The quantitative estimate of drug-likeness (QED) is 0.832. The first-order valence-corrected chi connectivity index (χ1v) is 9.56. The number of nitrogens with one attached hydrogen (secondary N) is 1. The third-order valence-corrected chi connectivity index (χ3v) is 5.07. The molecule has 2 aromatic rings. The topological polar surface area (TPSA) is 58.1 Å². The molecule has 1 aromatic carbocycles. The molecule has 0 radical (unpaired) electrons. The fraction of sp³-hybridized carbons (Fsp3) is 0.476. The fourth-order valence-corrected chi connectivity index (χ4v) is 3.50. The zero-order valence-electron chi connectivity index (χ0n) is 15.5. The van der Waals surface area contributed by atoms with E-state index in [1.807, 2.05) is 36.4 Å². The molecule has 5 heteroatoms. The van der Waals surface area contributed by atoms with E-state index in [1.54, 1.807) is 6.20 Å². The molecule has 1 amide bonds. The van der Waals surface area contributed by atoms with Crippen molar-refractivity contribution >= 4 is 5.91 Å². The smallest absolute Gasteiger partial charge is 0.220 e. The van der Waals surface area contributed by atoms with Gasteiger partial charge in [0.1, 0.15) is 5.82 Å². The molecular formula is C21H28N4O. The molecule has 2 heterocycles. The van der Waals surface area contributed by atoms with Crippen LogP contribution in [-0.2, 0) is 11.2 Å². The van der Waals surface area contributed by atoms with E-state index >= 15 is 0 Å². The molecule has 1 aliphatic rings. The SMILES string of the molecule is CN1CCCCC1CCC(=O)NCCc1nccc(-c2ccccc2)n1. The van der Waals surface area contributed by atoms with Crippen molar-refractivity contribution in [3.05, 3.63) is 48.4 Å². The second-order valence-electron chi connectivity index (χ2n) is 6.99. The predicted molar refractivity (Wildman–Crippen MR) is 104 cm³/mol. The first-order chi connectivity index (χ1) is 12.7. The molecule has 1 atom stereocenters. The van der Waals surface area contributed by atoms with Crippen molar-refractivity contribution in [1.82, 2.24) is 20.2 Å². The molecule has 5 nitrogen and oxygen atoms in total. The van der Waals surface area contributed by atoms with Crippen LogP contribution in [0.4, 0.5) is 0 Å². The van der Waals surface area contributed by atoms with Gasteiger partial charge < -0.3 is 10.2 Å². The summed E-state index contributed by atoms with van der Waals surface area (Å²) in [6.45, 7) is 1.74. The van der Waals surface area contributed by atoms with Crippen molar-refractivity contribution in [2.45, 2.75) is 44.6 Å². The van der Waals surface area contributed by atoms with Gasteiger partial charge in [0.15, 0.2) is 0 Å². The summed E-state index contributed by atoms with van der Waals surface area (Å²) in [6.07, 6.45) is 7.75. The molecule has 1 fully saturated rings. The first kappa shape index (κ1) is 18.5.